The molecule has 0 aliphatic rings. The van der Waals surface area contributed by atoms with Crippen molar-refractivity contribution in [2.45, 2.75) is 13.8 Å². The highest BCUT2D eigenvalue weighted by Crippen LogP contribution is 2.28. The summed E-state index contributed by atoms with van der Waals surface area (Å²) in [4.78, 5) is 0. The van der Waals surface area contributed by atoms with E-state index < -0.39 is 0 Å². The molecule has 0 heterocycles. The smallest absolute Gasteiger partial charge is 0.0426 e. The van der Waals surface area contributed by atoms with Crippen LogP contribution in [0.3, 0.4) is 0 Å². The first-order chi connectivity index (χ1) is 9.15. The average molecular weight is 252 g/mol. The van der Waals surface area contributed by atoms with Crippen LogP contribution < -0.4 is 11.1 Å². The first kappa shape index (κ1) is 13.2. The lowest BCUT2D eigenvalue weighted by Crippen LogP contribution is -2.03. The Hall–Kier alpha value is -2.22. The number of aryl methyl sites for hydroxylation is 1. The molecule has 0 aliphatic carbocycles. The normalized spacial score (nSPS) is 11.9. The zero-order chi connectivity index (χ0) is 13.8. The second kappa shape index (κ2) is 5.61. The minimum Gasteiger partial charge on any atom is -0.398 e. The quantitative estimate of drug-likeness (QED) is 0.813. The first-order valence-corrected chi connectivity index (χ1v) is 6.44. The summed E-state index contributed by atoms with van der Waals surface area (Å²) in [6.07, 6.45) is 0. The Bertz CT molecular complexity index is 612. The molecule has 2 aromatic rings. The lowest BCUT2D eigenvalue weighted by molar-refractivity contribution is 1.38. The molecule has 0 saturated heterocycles. The highest BCUT2D eigenvalue weighted by Gasteiger charge is 2.09. The van der Waals surface area contributed by atoms with Gasteiger partial charge in [0.2, 0.25) is 0 Å². The van der Waals surface area contributed by atoms with Crippen molar-refractivity contribution in [2.75, 3.05) is 12.4 Å². The molecule has 2 nitrogen and oxygen atoms in total. The van der Waals surface area contributed by atoms with Gasteiger partial charge in [0, 0.05) is 29.6 Å². The van der Waals surface area contributed by atoms with Gasteiger partial charge in [0.1, 0.15) is 0 Å². The zero-order valence-corrected chi connectivity index (χ0v) is 11.7. The predicted molar refractivity (Wildman–Crippen MR) is 83.8 cm³/mol. The monoisotopic (exact) mass is 252 g/mol. The molecule has 2 aromatic carbocycles. The number of nitrogens with two attached hydrogens (primary N) is 1. The van der Waals surface area contributed by atoms with Gasteiger partial charge >= 0.3 is 0 Å². The lowest BCUT2D eigenvalue weighted by atomic mass is 9.97. The molecule has 0 spiro atoms. The molecule has 98 valence electrons. The first-order valence-electron chi connectivity index (χ1n) is 6.44. The molecule has 2 heteroatoms. The summed E-state index contributed by atoms with van der Waals surface area (Å²) < 4.78 is 0. The summed E-state index contributed by atoms with van der Waals surface area (Å²) in [7, 11) is 1.93. The molecular formula is C17H20N2. The zero-order valence-electron chi connectivity index (χ0n) is 11.7. The second-order valence-electron chi connectivity index (χ2n) is 4.65. The van der Waals surface area contributed by atoms with E-state index in [-0.39, 0.29) is 0 Å². The fourth-order valence-electron chi connectivity index (χ4n) is 2.25. The third kappa shape index (κ3) is 2.63. The number of para-hydroxylation sites is 1. The van der Waals surface area contributed by atoms with E-state index in [4.69, 9.17) is 5.73 Å². The van der Waals surface area contributed by atoms with Crippen LogP contribution in [-0.2, 0) is 0 Å². The maximum absolute atomic E-state index is 6.35. The largest absolute Gasteiger partial charge is 0.398 e. The number of nitrogens with one attached hydrogen (secondary N) is 1. The van der Waals surface area contributed by atoms with Crippen molar-refractivity contribution < 1.29 is 0 Å². The summed E-state index contributed by atoms with van der Waals surface area (Å²) in [6, 6.07) is 16.4. The van der Waals surface area contributed by atoms with Crippen LogP contribution in [0.1, 0.15) is 23.6 Å². The number of hydrogen-bond acceptors (Lipinski definition) is 2. The highest BCUT2D eigenvalue weighted by atomic mass is 14.8. The van der Waals surface area contributed by atoms with Gasteiger partial charge in [-0.3, -0.25) is 0 Å². The number of hydrogen-bond donors (Lipinski definition) is 2. The predicted octanol–water partition coefficient (Wildman–Crippen LogP) is 3.88. The van der Waals surface area contributed by atoms with Crippen LogP contribution in [0, 0.1) is 6.92 Å². The molecule has 0 atom stereocenters. The third-order valence-corrected chi connectivity index (χ3v) is 3.44. The second-order valence-corrected chi connectivity index (χ2v) is 4.65. The van der Waals surface area contributed by atoms with E-state index in [1.807, 2.05) is 31.3 Å². The van der Waals surface area contributed by atoms with E-state index in [1.165, 1.54) is 5.56 Å². The molecule has 0 aromatic heterocycles. The van der Waals surface area contributed by atoms with E-state index in [9.17, 15) is 0 Å². The van der Waals surface area contributed by atoms with Gasteiger partial charge in [-0.2, -0.15) is 0 Å². The Morgan fingerprint density at radius 3 is 2.16 bits per heavy atom. The van der Waals surface area contributed by atoms with E-state index in [1.54, 1.807) is 0 Å². The molecule has 2 rings (SSSR count). The molecular weight excluding hydrogens is 232 g/mol. The van der Waals surface area contributed by atoms with E-state index in [0.29, 0.717) is 0 Å². The van der Waals surface area contributed by atoms with E-state index in [2.05, 4.69) is 43.4 Å². The minimum absolute atomic E-state index is 0.834. The van der Waals surface area contributed by atoms with Crippen LogP contribution >= 0.6 is 0 Å². The topological polar surface area (TPSA) is 38.0 Å². The number of allylic oxidation sites excluding steroid dienone is 1. The van der Waals surface area contributed by atoms with Crippen molar-refractivity contribution in [3.63, 3.8) is 0 Å². The maximum Gasteiger partial charge on any atom is 0.0426 e. The van der Waals surface area contributed by atoms with Gasteiger partial charge in [0.15, 0.2) is 0 Å². The van der Waals surface area contributed by atoms with Gasteiger partial charge in [0.05, 0.1) is 0 Å². The third-order valence-electron chi connectivity index (χ3n) is 3.44. The molecule has 3 N–H and O–H groups in total. The van der Waals surface area contributed by atoms with Crippen molar-refractivity contribution in [3.8, 4) is 0 Å². The van der Waals surface area contributed by atoms with Gasteiger partial charge in [-0.1, -0.05) is 42.5 Å². The Morgan fingerprint density at radius 1 is 0.947 bits per heavy atom. The number of anilines is 1. The van der Waals surface area contributed by atoms with Gasteiger partial charge in [-0.05, 0) is 31.1 Å². The van der Waals surface area contributed by atoms with Crippen LogP contribution in [0.2, 0.25) is 0 Å². The van der Waals surface area contributed by atoms with Crippen molar-refractivity contribution in [1.29, 1.82) is 0 Å². The SMILES string of the molecule is CNc1ccccc1/C(C)=C(/N)c1ccccc1C. The van der Waals surface area contributed by atoms with Crippen LogP contribution in [-0.4, -0.2) is 7.05 Å². The minimum atomic E-state index is 0.834. The molecule has 19 heavy (non-hydrogen) atoms. The summed E-state index contributed by atoms with van der Waals surface area (Å²) in [6.45, 7) is 4.15. The van der Waals surface area contributed by atoms with Gasteiger partial charge in [0.25, 0.3) is 0 Å². The fraction of sp³-hybridized carbons (Fsp3) is 0.176. The Kier molecular flexibility index (Phi) is 3.91. The van der Waals surface area contributed by atoms with Crippen molar-refractivity contribution in [3.05, 3.63) is 65.2 Å². The van der Waals surface area contributed by atoms with E-state index in [0.717, 1.165) is 28.1 Å². The van der Waals surface area contributed by atoms with E-state index >= 15 is 0 Å². The van der Waals surface area contributed by atoms with Gasteiger partial charge in [-0.15, -0.1) is 0 Å². The van der Waals surface area contributed by atoms with Gasteiger partial charge in [-0.25, -0.2) is 0 Å². The molecule has 0 amide bonds. The summed E-state index contributed by atoms with van der Waals surface area (Å²) in [5.41, 5.74) is 12.8. The Balaban J connectivity index is 2.55. The van der Waals surface area contributed by atoms with Crippen LogP contribution in [0.25, 0.3) is 11.3 Å². The van der Waals surface area contributed by atoms with Crippen LogP contribution in [0.15, 0.2) is 48.5 Å². The average Bonchev–Trinajstić information content (AvgIpc) is 2.46. The van der Waals surface area contributed by atoms with Crippen molar-refractivity contribution in [2.24, 2.45) is 5.73 Å². The van der Waals surface area contributed by atoms with Crippen LogP contribution in [0.5, 0.6) is 0 Å². The summed E-state index contributed by atoms with van der Waals surface area (Å²) >= 11 is 0. The van der Waals surface area contributed by atoms with Crippen LogP contribution in [0.4, 0.5) is 5.69 Å². The molecule has 0 saturated carbocycles. The standard InChI is InChI=1S/C17H20N2/c1-12-8-4-5-9-14(12)17(18)13(2)15-10-6-7-11-16(15)19-3/h4-11,19H,18H2,1-3H3/b17-13+. The molecule has 0 fully saturated rings. The maximum atomic E-state index is 6.35. The highest BCUT2D eigenvalue weighted by molar-refractivity contribution is 5.92. The van der Waals surface area contributed by atoms with Crippen molar-refractivity contribution in [1.82, 2.24) is 0 Å². The summed E-state index contributed by atoms with van der Waals surface area (Å²) in [5.74, 6) is 0. The van der Waals surface area contributed by atoms with Gasteiger partial charge < -0.3 is 11.1 Å². The van der Waals surface area contributed by atoms with Crippen molar-refractivity contribution >= 4 is 17.0 Å². The molecule has 0 bridgehead atoms. The Labute approximate surface area is 115 Å². The molecule has 0 aliphatic heterocycles. The fourth-order valence-corrected chi connectivity index (χ4v) is 2.25. The molecule has 0 radical (unpaired) electrons. The number of benzene rings is 2. The Morgan fingerprint density at radius 2 is 1.53 bits per heavy atom. The molecule has 0 unspecified atom stereocenters. The number of rotatable bonds is 3. The summed E-state index contributed by atoms with van der Waals surface area (Å²) in [5, 5.41) is 3.21. The lowest BCUT2D eigenvalue weighted by Gasteiger charge is -2.14.